The fourth-order valence-corrected chi connectivity index (χ4v) is 6.73. The van der Waals surface area contributed by atoms with Crippen molar-refractivity contribution in [1.82, 2.24) is 0 Å². The van der Waals surface area contributed by atoms with Gasteiger partial charge in [-0.15, -0.1) is 0 Å². The zero-order valence-corrected chi connectivity index (χ0v) is 42.9. The lowest BCUT2D eigenvalue weighted by Crippen LogP contribution is -2.30. The molecule has 0 aliphatic rings. The highest BCUT2D eigenvalue weighted by atomic mass is 16.6. The van der Waals surface area contributed by atoms with Gasteiger partial charge in [-0.05, 0) is 128 Å². The topological polar surface area (TPSA) is 78.9 Å². The third-order valence-electron chi connectivity index (χ3n) is 10.6. The molecule has 1 atom stereocenters. The summed E-state index contributed by atoms with van der Waals surface area (Å²) >= 11 is 0. The molecule has 0 bridgehead atoms. The minimum atomic E-state index is -0.820. The summed E-state index contributed by atoms with van der Waals surface area (Å²) in [5, 5.41) is 0. The molecule has 0 rings (SSSR count). The molecule has 0 aromatic rings. The van der Waals surface area contributed by atoms with E-state index >= 15 is 0 Å². The molecule has 0 spiro atoms. The van der Waals surface area contributed by atoms with Gasteiger partial charge >= 0.3 is 17.9 Å². The smallest absolute Gasteiger partial charge is 0.306 e. The Labute approximate surface area is 411 Å². The Hall–Kier alpha value is -4.45. The molecule has 0 saturated carbocycles. The van der Waals surface area contributed by atoms with Gasteiger partial charge in [0, 0.05) is 19.3 Å². The summed E-state index contributed by atoms with van der Waals surface area (Å²) < 4.78 is 16.7. The number of carbonyl (C=O) groups is 3. The highest BCUT2D eigenvalue weighted by Gasteiger charge is 2.19. The molecule has 0 aliphatic carbocycles. The molecule has 0 fully saturated rings. The SMILES string of the molecule is CC/C=C\C/C=C\C/C=C\C/C=C\CCCCCCCCCCC(=O)OCC(COC(=O)CCCCC/C=C\C/C=C\C/C=C\CC)OC(=O)CCCC/C=C\C/C=C\C/C=C\C/C=C\CC. The Balaban J connectivity index is 4.48. The largest absolute Gasteiger partial charge is 0.462 e. The van der Waals surface area contributed by atoms with Crippen molar-refractivity contribution in [1.29, 1.82) is 0 Å². The number of ether oxygens (including phenoxy) is 3. The summed E-state index contributed by atoms with van der Waals surface area (Å²) in [4.78, 5) is 38.0. The Morgan fingerprint density at radius 3 is 0.881 bits per heavy atom. The van der Waals surface area contributed by atoms with E-state index in [-0.39, 0.29) is 37.5 Å². The third kappa shape index (κ3) is 52.4. The average Bonchev–Trinajstić information content (AvgIpc) is 3.33. The van der Waals surface area contributed by atoms with Gasteiger partial charge in [0.05, 0.1) is 0 Å². The predicted molar refractivity (Wildman–Crippen MR) is 288 cm³/mol. The molecule has 1 unspecified atom stereocenters. The number of hydrogen-bond donors (Lipinski definition) is 0. The highest BCUT2D eigenvalue weighted by molar-refractivity contribution is 5.71. The second kappa shape index (κ2) is 54.2. The lowest BCUT2D eigenvalue weighted by atomic mass is 10.1. The Morgan fingerprint density at radius 1 is 0.299 bits per heavy atom. The number of carbonyl (C=O) groups excluding carboxylic acids is 3. The van der Waals surface area contributed by atoms with Gasteiger partial charge < -0.3 is 14.2 Å². The normalized spacial score (nSPS) is 13.2. The summed E-state index contributed by atoms with van der Waals surface area (Å²) in [6, 6.07) is 0. The lowest BCUT2D eigenvalue weighted by molar-refractivity contribution is -0.167. The van der Waals surface area contributed by atoms with Crippen LogP contribution in [0.1, 0.15) is 213 Å². The van der Waals surface area contributed by atoms with Gasteiger partial charge in [0.15, 0.2) is 6.10 Å². The first-order chi connectivity index (χ1) is 33.0. The van der Waals surface area contributed by atoms with Crippen molar-refractivity contribution in [2.24, 2.45) is 0 Å². The predicted octanol–water partition coefficient (Wildman–Crippen LogP) is 17.9. The molecule has 376 valence electrons. The first-order valence-electron chi connectivity index (χ1n) is 26.7. The van der Waals surface area contributed by atoms with Crippen LogP contribution in [-0.2, 0) is 28.6 Å². The maximum Gasteiger partial charge on any atom is 0.306 e. The minimum Gasteiger partial charge on any atom is -0.462 e. The molecule has 0 N–H and O–H groups in total. The maximum atomic E-state index is 12.8. The van der Waals surface area contributed by atoms with Gasteiger partial charge in [-0.3, -0.25) is 14.4 Å². The van der Waals surface area contributed by atoms with Crippen LogP contribution in [0.2, 0.25) is 0 Å². The molecule has 67 heavy (non-hydrogen) atoms. The molecule has 0 aromatic heterocycles. The summed E-state index contributed by atoms with van der Waals surface area (Å²) in [6.45, 7) is 6.21. The van der Waals surface area contributed by atoms with Gasteiger partial charge in [0.1, 0.15) is 13.2 Å². The molecule has 0 aliphatic heterocycles. The maximum absolute atomic E-state index is 12.8. The molecule has 0 radical (unpaired) electrons. The van der Waals surface area contributed by atoms with Gasteiger partial charge in [0.2, 0.25) is 0 Å². The standard InChI is InChI=1S/C61H96O6/c1-4-7-10-13-16-19-22-25-27-28-29-30-31-32-34-36-39-42-45-48-51-54-60(63)66-57-58(56-65-59(62)53-50-47-44-41-38-35-24-21-18-15-12-9-6-3)67-61(64)55-52-49-46-43-40-37-33-26-23-20-17-14-11-8-5-2/h7-12,16-21,25-27,29-30,33,35,38,40,43,58H,4-6,13-15,22-24,28,31-32,34,36-37,39,41-42,44-57H2,1-3H3/b10-7-,11-8-,12-9-,19-16-,20-17-,21-18-,27-25-,30-29-,33-26-,38-35-,43-40-. The first kappa shape index (κ1) is 62.5. The molecular weight excluding hydrogens is 829 g/mol. The number of esters is 3. The van der Waals surface area contributed by atoms with Crippen molar-refractivity contribution in [3.8, 4) is 0 Å². The van der Waals surface area contributed by atoms with Gasteiger partial charge in [-0.2, -0.15) is 0 Å². The van der Waals surface area contributed by atoms with Crippen molar-refractivity contribution in [3.05, 3.63) is 134 Å². The van der Waals surface area contributed by atoms with Crippen LogP contribution in [0, 0.1) is 0 Å². The summed E-state index contributed by atoms with van der Waals surface area (Å²) in [5.41, 5.74) is 0. The second-order valence-corrected chi connectivity index (χ2v) is 17.0. The van der Waals surface area contributed by atoms with E-state index in [4.69, 9.17) is 14.2 Å². The zero-order valence-electron chi connectivity index (χ0n) is 42.9. The van der Waals surface area contributed by atoms with E-state index in [0.717, 1.165) is 135 Å². The minimum absolute atomic E-state index is 0.113. The van der Waals surface area contributed by atoms with Gasteiger partial charge in [-0.25, -0.2) is 0 Å². The zero-order chi connectivity index (χ0) is 48.6. The lowest BCUT2D eigenvalue weighted by Gasteiger charge is -2.18. The number of unbranched alkanes of at least 4 members (excludes halogenated alkanes) is 13. The molecule has 0 saturated heterocycles. The van der Waals surface area contributed by atoms with E-state index in [2.05, 4.69) is 154 Å². The first-order valence-corrected chi connectivity index (χ1v) is 26.7. The highest BCUT2D eigenvalue weighted by Crippen LogP contribution is 2.13. The second-order valence-electron chi connectivity index (χ2n) is 17.0. The molecule has 0 aromatic carbocycles. The molecular formula is C61H96O6. The Morgan fingerprint density at radius 2 is 0.537 bits per heavy atom. The van der Waals surface area contributed by atoms with E-state index in [1.807, 2.05) is 0 Å². The van der Waals surface area contributed by atoms with E-state index in [0.29, 0.717) is 19.3 Å². The van der Waals surface area contributed by atoms with Crippen molar-refractivity contribution in [2.75, 3.05) is 13.2 Å². The van der Waals surface area contributed by atoms with Crippen LogP contribution < -0.4 is 0 Å². The third-order valence-corrected chi connectivity index (χ3v) is 10.6. The summed E-state index contributed by atoms with van der Waals surface area (Å²) in [5.74, 6) is -1.00. The van der Waals surface area contributed by atoms with Gasteiger partial charge in [0.25, 0.3) is 0 Å². The van der Waals surface area contributed by atoms with E-state index in [1.54, 1.807) is 0 Å². The Kier molecular flexibility index (Phi) is 50.6. The number of rotatable bonds is 46. The molecule has 6 nitrogen and oxygen atoms in total. The molecule has 0 heterocycles. The monoisotopic (exact) mass is 925 g/mol. The number of allylic oxidation sites excluding steroid dienone is 22. The van der Waals surface area contributed by atoms with Crippen molar-refractivity contribution in [3.63, 3.8) is 0 Å². The van der Waals surface area contributed by atoms with E-state index in [1.165, 1.54) is 32.1 Å². The van der Waals surface area contributed by atoms with Crippen molar-refractivity contribution >= 4 is 17.9 Å². The average molecular weight is 925 g/mol. The van der Waals surface area contributed by atoms with E-state index < -0.39 is 6.10 Å². The van der Waals surface area contributed by atoms with E-state index in [9.17, 15) is 14.4 Å². The summed E-state index contributed by atoms with van der Waals surface area (Å²) in [6.07, 6.45) is 75.8. The quantitative estimate of drug-likeness (QED) is 0.0262. The molecule has 6 heteroatoms. The van der Waals surface area contributed by atoms with Crippen LogP contribution >= 0.6 is 0 Å². The van der Waals surface area contributed by atoms with Gasteiger partial charge in [-0.1, -0.05) is 199 Å². The fourth-order valence-electron chi connectivity index (χ4n) is 6.73. The van der Waals surface area contributed by atoms with Crippen LogP contribution in [0.3, 0.4) is 0 Å². The van der Waals surface area contributed by atoms with Crippen LogP contribution in [-0.4, -0.2) is 37.2 Å². The number of hydrogen-bond acceptors (Lipinski definition) is 6. The fraction of sp³-hybridized carbons (Fsp3) is 0.590. The van der Waals surface area contributed by atoms with Crippen LogP contribution in [0.25, 0.3) is 0 Å². The van der Waals surface area contributed by atoms with Crippen molar-refractivity contribution in [2.45, 2.75) is 219 Å². The van der Waals surface area contributed by atoms with Crippen LogP contribution in [0.15, 0.2) is 134 Å². The van der Waals surface area contributed by atoms with Crippen LogP contribution in [0.5, 0.6) is 0 Å². The molecule has 0 amide bonds. The summed E-state index contributed by atoms with van der Waals surface area (Å²) in [7, 11) is 0. The van der Waals surface area contributed by atoms with Crippen LogP contribution in [0.4, 0.5) is 0 Å². The van der Waals surface area contributed by atoms with Crippen molar-refractivity contribution < 1.29 is 28.6 Å². The Bertz CT molecular complexity index is 1480.